The first-order valence-corrected chi connectivity index (χ1v) is 9.02. The predicted molar refractivity (Wildman–Crippen MR) is 98.7 cm³/mol. The van der Waals surface area contributed by atoms with Gasteiger partial charge in [-0.05, 0) is 29.5 Å². The van der Waals surface area contributed by atoms with Crippen molar-refractivity contribution >= 4 is 23.2 Å². The number of amides is 2. The summed E-state index contributed by atoms with van der Waals surface area (Å²) < 4.78 is 1.73. The van der Waals surface area contributed by atoms with Crippen LogP contribution in [0.1, 0.15) is 27.7 Å². The van der Waals surface area contributed by atoms with Crippen molar-refractivity contribution in [3.63, 3.8) is 0 Å². The van der Waals surface area contributed by atoms with E-state index < -0.39 is 6.04 Å². The first-order valence-electron chi connectivity index (χ1n) is 8.15. The maximum absolute atomic E-state index is 12.3. The highest BCUT2D eigenvalue weighted by atomic mass is 32.1. The van der Waals surface area contributed by atoms with Crippen molar-refractivity contribution < 1.29 is 9.59 Å². The third kappa shape index (κ3) is 4.54. The van der Waals surface area contributed by atoms with Gasteiger partial charge in [-0.3, -0.25) is 9.59 Å². The lowest BCUT2D eigenvalue weighted by Crippen LogP contribution is -2.44. The second kappa shape index (κ2) is 8.39. The van der Waals surface area contributed by atoms with Crippen LogP contribution in [0.2, 0.25) is 0 Å². The van der Waals surface area contributed by atoms with Crippen molar-refractivity contribution in [2.75, 3.05) is 0 Å². The Kier molecular flexibility index (Phi) is 5.75. The van der Waals surface area contributed by atoms with Crippen molar-refractivity contribution in [3.8, 4) is 0 Å². The predicted octanol–water partition coefficient (Wildman–Crippen LogP) is 1.82. The molecule has 1 aromatic carbocycles. The minimum Gasteiger partial charge on any atom is -0.350 e. The van der Waals surface area contributed by atoms with E-state index in [1.807, 2.05) is 29.6 Å². The fraction of sp³-hybridized carbons (Fsp3) is 0.222. The van der Waals surface area contributed by atoms with Crippen molar-refractivity contribution in [2.24, 2.45) is 0 Å². The summed E-state index contributed by atoms with van der Waals surface area (Å²) >= 11 is 1.34. The highest BCUT2D eigenvalue weighted by molar-refractivity contribution is 7.12. The molecule has 8 heteroatoms. The molecular formula is C18H19N5O2S. The number of benzene rings is 1. The van der Waals surface area contributed by atoms with Gasteiger partial charge in [0, 0.05) is 6.54 Å². The number of thiophene rings is 1. The Morgan fingerprint density at radius 2 is 2.00 bits per heavy atom. The van der Waals surface area contributed by atoms with Crippen LogP contribution in [-0.2, 0) is 17.9 Å². The lowest BCUT2D eigenvalue weighted by atomic mass is 10.1. The maximum atomic E-state index is 12.3. The summed E-state index contributed by atoms with van der Waals surface area (Å²) in [5, 5.41) is 11.5. The van der Waals surface area contributed by atoms with E-state index in [1.54, 1.807) is 30.1 Å². The molecule has 0 saturated carbocycles. The number of carbonyl (C=O) groups excluding carboxylic acids is 2. The molecule has 0 aliphatic heterocycles. The van der Waals surface area contributed by atoms with Crippen LogP contribution in [0.4, 0.5) is 0 Å². The second-order valence-corrected chi connectivity index (χ2v) is 6.70. The number of hydrogen-bond donors (Lipinski definition) is 2. The van der Waals surface area contributed by atoms with E-state index in [-0.39, 0.29) is 11.8 Å². The average molecular weight is 369 g/mol. The molecule has 3 rings (SSSR count). The van der Waals surface area contributed by atoms with Crippen LogP contribution in [-0.4, -0.2) is 32.6 Å². The van der Waals surface area contributed by atoms with Crippen LogP contribution >= 0.6 is 11.3 Å². The topological polar surface area (TPSA) is 88.9 Å². The first-order chi connectivity index (χ1) is 12.6. The Bertz CT molecular complexity index is 862. The Morgan fingerprint density at radius 1 is 1.19 bits per heavy atom. The molecule has 2 heterocycles. The van der Waals surface area contributed by atoms with Crippen molar-refractivity contribution in [2.45, 2.75) is 26.1 Å². The number of carbonyl (C=O) groups is 2. The Morgan fingerprint density at radius 3 is 2.69 bits per heavy atom. The van der Waals surface area contributed by atoms with Crippen molar-refractivity contribution in [3.05, 3.63) is 70.4 Å². The molecule has 2 amide bonds. The molecule has 0 spiro atoms. The second-order valence-electron chi connectivity index (χ2n) is 5.75. The molecule has 1 unspecified atom stereocenters. The zero-order valence-electron chi connectivity index (χ0n) is 14.3. The molecule has 0 fully saturated rings. The standard InChI is InChI=1S/C18H19N5O2S/c1-13(22-18(25)16-7-4-8-26-16)17(24)20-9-14-5-2-3-6-15(14)10-23-12-19-11-21-23/h2-8,11-13H,9-10H2,1H3,(H,20,24)(H,22,25). The van der Waals surface area contributed by atoms with E-state index in [0.717, 1.165) is 11.1 Å². The molecule has 134 valence electrons. The van der Waals surface area contributed by atoms with E-state index in [2.05, 4.69) is 20.7 Å². The minimum absolute atomic E-state index is 0.231. The van der Waals surface area contributed by atoms with Gasteiger partial charge in [0.1, 0.15) is 18.7 Å². The summed E-state index contributed by atoms with van der Waals surface area (Å²) in [6.45, 7) is 2.63. The molecule has 26 heavy (non-hydrogen) atoms. The summed E-state index contributed by atoms with van der Waals surface area (Å²) in [4.78, 5) is 28.9. The zero-order chi connectivity index (χ0) is 18.4. The summed E-state index contributed by atoms with van der Waals surface area (Å²) in [5.41, 5.74) is 2.04. The van der Waals surface area contributed by atoms with Gasteiger partial charge in [-0.2, -0.15) is 5.10 Å². The number of hydrogen-bond acceptors (Lipinski definition) is 5. The summed E-state index contributed by atoms with van der Waals surface area (Å²) in [7, 11) is 0. The van der Waals surface area contributed by atoms with Crippen LogP contribution in [0, 0.1) is 0 Å². The minimum atomic E-state index is -0.618. The van der Waals surface area contributed by atoms with Gasteiger partial charge in [-0.15, -0.1) is 11.3 Å². The smallest absolute Gasteiger partial charge is 0.261 e. The highest BCUT2D eigenvalue weighted by Crippen LogP contribution is 2.11. The Hall–Kier alpha value is -3.00. The van der Waals surface area contributed by atoms with E-state index in [1.165, 1.54) is 17.7 Å². The van der Waals surface area contributed by atoms with Crippen LogP contribution in [0.3, 0.4) is 0 Å². The third-order valence-electron chi connectivity index (χ3n) is 3.86. The molecule has 0 aliphatic carbocycles. The molecule has 2 N–H and O–H groups in total. The van der Waals surface area contributed by atoms with Gasteiger partial charge in [0.15, 0.2) is 0 Å². The number of nitrogens with one attached hydrogen (secondary N) is 2. The Labute approximate surface area is 155 Å². The molecule has 2 aromatic heterocycles. The summed E-state index contributed by atoms with van der Waals surface area (Å²) in [5.74, 6) is -0.473. The lowest BCUT2D eigenvalue weighted by molar-refractivity contribution is -0.122. The third-order valence-corrected chi connectivity index (χ3v) is 4.72. The lowest BCUT2D eigenvalue weighted by Gasteiger charge is -2.15. The van der Waals surface area contributed by atoms with Gasteiger partial charge in [-0.1, -0.05) is 30.3 Å². The van der Waals surface area contributed by atoms with Crippen LogP contribution in [0.25, 0.3) is 0 Å². The van der Waals surface area contributed by atoms with Crippen molar-refractivity contribution in [1.29, 1.82) is 0 Å². The van der Waals surface area contributed by atoms with E-state index in [9.17, 15) is 9.59 Å². The van der Waals surface area contributed by atoms with Gasteiger partial charge in [0.2, 0.25) is 5.91 Å². The van der Waals surface area contributed by atoms with Crippen molar-refractivity contribution in [1.82, 2.24) is 25.4 Å². The molecule has 0 bridgehead atoms. The van der Waals surface area contributed by atoms with Crippen LogP contribution in [0.5, 0.6) is 0 Å². The molecule has 1 atom stereocenters. The van der Waals surface area contributed by atoms with E-state index in [0.29, 0.717) is 18.0 Å². The van der Waals surface area contributed by atoms with Gasteiger partial charge in [0.05, 0.1) is 11.4 Å². The normalized spacial score (nSPS) is 11.7. The summed E-state index contributed by atoms with van der Waals surface area (Å²) in [6, 6.07) is 10.7. The molecular weight excluding hydrogens is 350 g/mol. The first kappa shape index (κ1) is 17.8. The largest absolute Gasteiger partial charge is 0.350 e. The highest BCUT2D eigenvalue weighted by Gasteiger charge is 2.17. The van der Waals surface area contributed by atoms with Gasteiger partial charge < -0.3 is 10.6 Å². The molecule has 3 aromatic rings. The zero-order valence-corrected chi connectivity index (χ0v) is 15.1. The van der Waals surface area contributed by atoms with E-state index in [4.69, 9.17) is 0 Å². The Balaban J connectivity index is 1.56. The average Bonchev–Trinajstić information content (AvgIpc) is 3.34. The fourth-order valence-electron chi connectivity index (χ4n) is 2.45. The summed E-state index contributed by atoms with van der Waals surface area (Å²) in [6.07, 6.45) is 3.14. The molecule has 0 radical (unpaired) electrons. The molecule has 0 aliphatic rings. The number of nitrogens with zero attached hydrogens (tertiary/aromatic N) is 3. The van der Waals surface area contributed by atoms with Crippen LogP contribution in [0.15, 0.2) is 54.4 Å². The monoisotopic (exact) mass is 369 g/mol. The molecule has 7 nitrogen and oxygen atoms in total. The maximum Gasteiger partial charge on any atom is 0.261 e. The quantitative estimate of drug-likeness (QED) is 0.665. The molecule has 0 saturated heterocycles. The fourth-order valence-corrected chi connectivity index (χ4v) is 3.08. The van der Waals surface area contributed by atoms with Crippen LogP contribution < -0.4 is 10.6 Å². The SMILES string of the molecule is CC(NC(=O)c1cccs1)C(=O)NCc1ccccc1Cn1cncn1. The number of rotatable bonds is 7. The van der Waals surface area contributed by atoms with Gasteiger partial charge in [0.25, 0.3) is 5.91 Å². The van der Waals surface area contributed by atoms with Gasteiger partial charge in [-0.25, -0.2) is 9.67 Å². The van der Waals surface area contributed by atoms with E-state index >= 15 is 0 Å². The number of aromatic nitrogens is 3. The van der Waals surface area contributed by atoms with Gasteiger partial charge >= 0.3 is 0 Å².